The van der Waals surface area contributed by atoms with Crippen LogP contribution in [0.2, 0.25) is 0 Å². The Labute approximate surface area is 155 Å². The maximum atomic E-state index is 12.3. The van der Waals surface area contributed by atoms with Gasteiger partial charge in [0.05, 0.1) is 11.6 Å². The molecule has 1 fully saturated rings. The quantitative estimate of drug-likeness (QED) is 0.752. The Morgan fingerprint density at radius 3 is 2.23 bits per heavy atom. The van der Waals surface area contributed by atoms with Gasteiger partial charge in [-0.2, -0.15) is 0 Å². The van der Waals surface area contributed by atoms with E-state index in [-0.39, 0.29) is 5.78 Å². The molecule has 0 saturated carbocycles. The van der Waals surface area contributed by atoms with Gasteiger partial charge in [0.2, 0.25) is 0 Å². The molecule has 3 N–H and O–H groups in total. The van der Waals surface area contributed by atoms with E-state index in [1.54, 1.807) is 0 Å². The highest BCUT2D eigenvalue weighted by molar-refractivity contribution is 5.99. The average molecular weight is 352 g/mol. The van der Waals surface area contributed by atoms with Crippen LogP contribution in [0.4, 0.5) is 0 Å². The topological polar surface area (TPSA) is 66.6 Å². The van der Waals surface area contributed by atoms with E-state index in [0.717, 1.165) is 32.5 Å². The summed E-state index contributed by atoms with van der Waals surface area (Å²) in [5.74, 6) is 0.00296. The van der Waals surface area contributed by atoms with Crippen molar-refractivity contribution in [2.75, 3.05) is 19.6 Å². The van der Waals surface area contributed by atoms with Crippen LogP contribution in [0.1, 0.15) is 35.2 Å². The van der Waals surface area contributed by atoms with Crippen molar-refractivity contribution in [3.8, 4) is 0 Å². The van der Waals surface area contributed by atoms with Crippen LogP contribution in [0, 0.1) is 0 Å². The number of hydrogen-bond acceptors (Lipinski definition) is 4. The van der Waals surface area contributed by atoms with E-state index in [2.05, 4.69) is 17.0 Å². The number of piperidine rings is 1. The van der Waals surface area contributed by atoms with E-state index in [9.17, 15) is 9.90 Å². The van der Waals surface area contributed by atoms with Crippen molar-refractivity contribution < 1.29 is 9.90 Å². The minimum Gasteiger partial charge on any atom is -0.389 e. The van der Waals surface area contributed by atoms with Crippen LogP contribution in [-0.4, -0.2) is 47.1 Å². The number of rotatable bonds is 7. The minimum atomic E-state index is -0.625. The molecule has 4 heteroatoms. The summed E-state index contributed by atoms with van der Waals surface area (Å²) in [4.78, 5) is 14.6. The van der Waals surface area contributed by atoms with Crippen LogP contribution < -0.4 is 5.73 Å². The van der Waals surface area contributed by atoms with Crippen LogP contribution in [0.15, 0.2) is 60.7 Å². The number of carbonyl (C=O) groups excluding carboxylic acids is 1. The number of likely N-dealkylation sites (tertiary alicyclic amines) is 1. The second kappa shape index (κ2) is 8.58. The fraction of sp³-hybridized carbons (Fsp3) is 0.409. The van der Waals surface area contributed by atoms with Crippen molar-refractivity contribution in [1.82, 2.24) is 4.90 Å². The molecular formula is C22H28N2O2. The van der Waals surface area contributed by atoms with E-state index in [4.69, 9.17) is 5.73 Å². The van der Waals surface area contributed by atoms with Gasteiger partial charge in [0.15, 0.2) is 5.78 Å². The number of aliphatic hydroxyl groups is 1. The van der Waals surface area contributed by atoms with Gasteiger partial charge in [-0.15, -0.1) is 0 Å². The lowest BCUT2D eigenvalue weighted by Gasteiger charge is -2.38. The lowest BCUT2D eigenvalue weighted by molar-refractivity contribution is -0.0209. The van der Waals surface area contributed by atoms with Crippen molar-refractivity contribution in [2.24, 2.45) is 5.73 Å². The Hall–Kier alpha value is -2.01. The zero-order valence-corrected chi connectivity index (χ0v) is 15.2. The van der Waals surface area contributed by atoms with Crippen LogP contribution in [0.25, 0.3) is 0 Å². The number of carbonyl (C=O) groups is 1. The summed E-state index contributed by atoms with van der Waals surface area (Å²) >= 11 is 0. The SMILES string of the molecule is NC(CCN1CCC(O)(Cc2ccccc2)CC1)C(=O)c1ccccc1. The van der Waals surface area contributed by atoms with Gasteiger partial charge in [0, 0.05) is 31.6 Å². The van der Waals surface area contributed by atoms with E-state index in [1.807, 2.05) is 48.5 Å². The van der Waals surface area contributed by atoms with Gasteiger partial charge < -0.3 is 15.7 Å². The lowest BCUT2D eigenvalue weighted by atomic mass is 9.85. The van der Waals surface area contributed by atoms with Gasteiger partial charge >= 0.3 is 0 Å². The molecule has 1 unspecified atom stereocenters. The third-order valence-corrected chi connectivity index (χ3v) is 5.31. The molecule has 4 nitrogen and oxygen atoms in total. The van der Waals surface area contributed by atoms with Crippen molar-refractivity contribution in [3.63, 3.8) is 0 Å². The fourth-order valence-corrected chi connectivity index (χ4v) is 3.61. The first-order valence-electron chi connectivity index (χ1n) is 9.39. The molecule has 0 radical (unpaired) electrons. The van der Waals surface area contributed by atoms with Crippen molar-refractivity contribution in [2.45, 2.75) is 37.3 Å². The predicted molar refractivity (Wildman–Crippen MR) is 104 cm³/mol. The first-order chi connectivity index (χ1) is 12.6. The lowest BCUT2D eigenvalue weighted by Crippen LogP contribution is -2.47. The fourth-order valence-electron chi connectivity index (χ4n) is 3.61. The van der Waals surface area contributed by atoms with Gasteiger partial charge in [-0.1, -0.05) is 60.7 Å². The third kappa shape index (κ3) is 5.01. The molecule has 0 aliphatic carbocycles. The zero-order chi connectivity index (χ0) is 18.4. The van der Waals surface area contributed by atoms with Gasteiger partial charge in [-0.05, 0) is 24.8 Å². The van der Waals surface area contributed by atoms with Crippen molar-refractivity contribution in [1.29, 1.82) is 0 Å². The molecule has 138 valence electrons. The van der Waals surface area contributed by atoms with E-state index >= 15 is 0 Å². The summed E-state index contributed by atoms with van der Waals surface area (Å²) in [6.45, 7) is 2.48. The van der Waals surface area contributed by atoms with Gasteiger partial charge in [-0.3, -0.25) is 4.79 Å². The molecule has 1 aliphatic rings. The number of ketones is 1. The Kier molecular flexibility index (Phi) is 6.20. The minimum absolute atomic E-state index is 0.00296. The highest BCUT2D eigenvalue weighted by Crippen LogP contribution is 2.26. The standard InChI is InChI=1S/C22H28N2O2/c23-20(21(25)19-9-5-2-6-10-19)11-14-24-15-12-22(26,13-16-24)17-18-7-3-1-4-8-18/h1-10,20,26H,11-17,23H2. The van der Waals surface area contributed by atoms with Crippen LogP contribution in [0.5, 0.6) is 0 Å². The van der Waals surface area contributed by atoms with Crippen molar-refractivity contribution in [3.05, 3.63) is 71.8 Å². The Morgan fingerprint density at radius 1 is 1.04 bits per heavy atom. The Balaban J connectivity index is 1.44. The molecule has 0 aromatic heterocycles. The molecule has 3 rings (SSSR count). The number of nitrogens with two attached hydrogens (primary N) is 1. The number of Topliss-reactive ketones (excluding diaryl/α,β-unsaturated/α-hetero) is 1. The van der Waals surface area contributed by atoms with Crippen LogP contribution in [-0.2, 0) is 6.42 Å². The molecule has 0 spiro atoms. The number of hydrogen-bond donors (Lipinski definition) is 2. The summed E-state index contributed by atoms with van der Waals surface area (Å²) in [6.07, 6.45) is 2.85. The zero-order valence-electron chi connectivity index (χ0n) is 15.2. The normalized spacial score (nSPS) is 18.4. The molecule has 2 aromatic carbocycles. The van der Waals surface area contributed by atoms with E-state index in [1.165, 1.54) is 5.56 Å². The first kappa shape index (κ1) is 18.8. The molecule has 1 heterocycles. The maximum absolute atomic E-state index is 12.3. The molecule has 1 atom stereocenters. The smallest absolute Gasteiger partial charge is 0.179 e. The van der Waals surface area contributed by atoms with Crippen LogP contribution in [0.3, 0.4) is 0 Å². The second-order valence-corrected chi connectivity index (χ2v) is 7.35. The molecule has 1 aliphatic heterocycles. The maximum Gasteiger partial charge on any atom is 0.179 e. The molecule has 2 aromatic rings. The molecule has 1 saturated heterocycles. The summed E-state index contributed by atoms with van der Waals surface area (Å²) < 4.78 is 0. The Morgan fingerprint density at radius 2 is 1.62 bits per heavy atom. The summed E-state index contributed by atoms with van der Waals surface area (Å²) in [5.41, 5.74) is 7.33. The van der Waals surface area contributed by atoms with Crippen molar-refractivity contribution >= 4 is 5.78 Å². The molecule has 0 bridgehead atoms. The largest absolute Gasteiger partial charge is 0.389 e. The number of benzene rings is 2. The third-order valence-electron chi connectivity index (χ3n) is 5.31. The van der Waals surface area contributed by atoms with Crippen LogP contribution >= 0.6 is 0 Å². The summed E-state index contributed by atoms with van der Waals surface area (Å²) in [7, 11) is 0. The summed E-state index contributed by atoms with van der Waals surface area (Å²) in [5, 5.41) is 10.9. The summed E-state index contributed by atoms with van der Waals surface area (Å²) in [6, 6.07) is 18.9. The highest BCUT2D eigenvalue weighted by Gasteiger charge is 2.32. The molecular weight excluding hydrogens is 324 g/mol. The average Bonchev–Trinajstić information content (AvgIpc) is 2.68. The van der Waals surface area contributed by atoms with E-state index < -0.39 is 11.6 Å². The first-order valence-corrected chi connectivity index (χ1v) is 9.39. The number of nitrogens with zero attached hydrogens (tertiary/aromatic N) is 1. The highest BCUT2D eigenvalue weighted by atomic mass is 16.3. The second-order valence-electron chi connectivity index (χ2n) is 7.35. The van der Waals surface area contributed by atoms with Gasteiger partial charge in [0.1, 0.15) is 0 Å². The monoisotopic (exact) mass is 352 g/mol. The van der Waals surface area contributed by atoms with Gasteiger partial charge in [0.25, 0.3) is 0 Å². The Bertz CT molecular complexity index is 695. The van der Waals surface area contributed by atoms with E-state index in [0.29, 0.717) is 18.4 Å². The van der Waals surface area contributed by atoms with Gasteiger partial charge in [-0.25, -0.2) is 0 Å². The molecule has 0 amide bonds. The molecule has 26 heavy (non-hydrogen) atoms. The predicted octanol–water partition coefficient (Wildman–Crippen LogP) is 2.66.